The average molecular weight is 418 g/mol. The Balaban J connectivity index is 1.41. The van der Waals surface area contributed by atoms with Gasteiger partial charge in [0, 0.05) is 37.9 Å². The minimum absolute atomic E-state index is 0.0197. The minimum atomic E-state index is -0.300. The first kappa shape index (κ1) is 19.3. The van der Waals surface area contributed by atoms with Crippen LogP contribution in [0.5, 0.6) is 0 Å². The van der Waals surface area contributed by atoms with Gasteiger partial charge >= 0.3 is 0 Å². The largest absolute Gasteiger partial charge is 0.341 e. The molecule has 0 saturated carbocycles. The highest BCUT2D eigenvalue weighted by Crippen LogP contribution is 2.36. The van der Waals surface area contributed by atoms with Crippen LogP contribution in [-0.4, -0.2) is 67.3 Å². The molecule has 28 heavy (non-hydrogen) atoms. The van der Waals surface area contributed by atoms with Gasteiger partial charge < -0.3 is 9.80 Å². The Bertz CT molecular complexity index is 864. The van der Waals surface area contributed by atoms with Gasteiger partial charge in [-0.3, -0.25) is 9.59 Å². The molecule has 0 radical (unpaired) electrons. The van der Waals surface area contributed by atoms with Gasteiger partial charge in [0.25, 0.3) is 0 Å². The van der Waals surface area contributed by atoms with Gasteiger partial charge in [-0.1, -0.05) is 0 Å². The molecule has 4 heterocycles. The highest BCUT2D eigenvalue weighted by atomic mass is 32.2. The van der Waals surface area contributed by atoms with Gasteiger partial charge in [-0.25, -0.2) is 15.0 Å². The van der Waals surface area contributed by atoms with Gasteiger partial charge in [0.15, 0.2) is 0 Å². The SMILES string of the molecule is CC(=O)N1CSC[C@H]1C(=O)N1CCC(c2nc(C)c(-c3ccncn3)s2)CC1. The van der Waals surface area contributed by atoms with Crippen molar-refractivity contribution in [1.29, 1.82) is 0 Å². The minimum Gasteiger partial charge on any atom is -0.341 e. The van der Waals surface area contributed by atoms with E-state index in [2.05, 4.69) is 9.97 Å². The van der Waals surface area contributed by atoms with E-state index in [0.29, 0.717) is 17.5 Å². The number of amides is 2. The van der Waals surface area contributed by atoms with E-state index in [-0.39, 0.29) is 17.9 Å². The first-order chi connectivity index (χ1) is 13.5. The van der Waals surface area contributed by atoms with Crippen LogP contribution in [0.2, 0.25) is 0 Å². The smallest absolute Gasteiger partial charge is 0.246 e. The van der Waals surface area contributed by atoms with Gasteiger partial charge in [-0.05, 0) is 25.8 Å². The number of carbonyl (C=O) groups excluding carboxylic acids is 2. The zero-order chi connectivity index (χ0) is 19.7. The Morgan fingerprint density at radius 2 is 2.04 bits per heavy atom. The highest BCUT2D eigenvalue weighted by molar-refractivity contribution is 7.99. The van der Waals surface area contributed by atoms with Crippen molar-refractivity contribution >= 4 is 34.9 Å². The second-order valence-electron chi connectivity index (χ2n) is 7.17. The van der Waals surface area contributed by atoms with Crippen molar-refractivity contribution in [3.8, 4) is 10.6 Å². The van der Waals surface area contributed by atoms with Crippen LogP contribution in [-0.2, 0) is 9.59 Å². The summed E-state index contributed by atoms with van der Waals surface area (Å²) in [6.07, 6.45) is 5.12. The van der Waals surface area contributed by atoms with Crippen molar-refractivity contribution in [1.82, 2.24) is 24.8 Å². The van der Waals surface area contributed by atoms with Crippen LogP contribution in [0.1, 0.15) is 36.4 Å². The number of carbonyl (C=O) groups is 2. The summed E-state index contributed by atoms with van der Waals surface area (Å²) in [6, 6.07) is 1.61. The zero-order valence-corrected chi connectivity index (χ0v) is 17.6. The number of hydrogen-bond donors (Lipinski definition) is 0. The van der Waals surface area contributed by atoms with Crippen LogP contribution in [0.25, 0.3) is 10.6 Å². The second kappa shape index (κ2) is 8.16. The van der Waals surface area contributed by atoms with Crippen LogP contribution in [0.3, 0.4) is 0 Å². The molecule has 1 atom stereocenters. The second-order valence-corrected chi connectivity index (χ2v) is 9.20. The van der Waals surface area contributed by atoms with Gasteiger partial charge in [0.05, 0.1) is 27.1 Å². The number of nitrogens with zero attached hydrogens (tertiary/aromatic N) is 5. The number of thioether (sulfide) groups is 1. The van der Waals surface area contributed by atoms with Crippen molar-refractivity contribution in [2.75, 3.05) is 24.7 Å². The van der Waals surface area contributed by atoms with Crippen LogP contribution in [0.4, 0.5) is 0 Å². The standard InChI is InChI=1S/C19H23N5O2S2/c1-12-17(15-3-6-20-10-21-15)28-18(22-12)14-4-7-23(8-5-14)19(26)16-9-27-11-24(16)13(2)25/h3,6,10,14,16H,4-5,7-9,11H2,1-2H3/t16-/m0/s1. The maximum Gasteiger partial charge on any atom is 0.246 e. The molecule has 148 valence electrons. The molecular formula is C19H23N5O2S2. The van der Waals surface area contributed by atoms with Gasteiger partial charge in [0.2, 0.25) is 11.8 Å². The molecule has 4 rings (SSSR count). The Morgan fingerprint density at radius 3 is 2.71 bits per heavy atom. The summed E-state index contributed by atoms with van der Waals surface area (Å²) in [5, 5.41) is 1.12. The molecule has 2 aliphatic rings. The van der Waals surface area contributed by atoms with E-state index in [0.717, 1.165) is 47.2 Å². The number of rotatable bonds is 3. The number of likely N-dealkylation sites (tertiary alicyclic amines) is 1. The third kappa shape index (κ3) is 3.77. The molecule has 0 aromatic carbocycles. The number of hydrogen-bond acceptors (Lipinski definition) is 7. The third-order valence-electron chi connectivity index (χ3n) is 5.36. The van der Waals surface area contributed by atoms with E-state index in [1.165, 1.54) is 0 Å². The summed E-state index contributed by atoms with van der Waals surface area (Å²) in [5.41, 5.74) is 1.91. The number of thiazole rings is 1. The summed E-state index contributed by atoms with van der Waals surface area (Å²) in [7, 11) is 0. The molecule has 0 bridgehead atoms. The lowest BCUT2D eigenvalue weighted by molar-refractivity contribution is -0.143. The molecule has 0 aliphatic carbocycles. The van der Waals surface area contributed by atoms with E-state index >= 15 is 0 Å². The van der Waals surface area contributed by atoms with Gasteiger partial charge in [-0.15, -0.1) is 23.1 Å². The van der Waals surface area contributed by atoms with Gasteiger partial charge in [0.1, 0.15) is 12.4 Å². The summed E-state index contributed by atoms with van der Waals surface area (Å²) in [6.45, 7) is 5.00. The molecule has 9 heteroatoms. The fraction of sp³-hybridized carbons (Fsp3) is 0.526. The van der Waals surface area contributed by atoms with Crippen LogP contribution in [0.15, 0.2) is 18.6 Å². The van der Waals surface area contributed by atoms with Crippen LogP contribution >= 0.6 is 23.1 Å². The number of aromatic nitrogens is 3. The molecule has 2 aromatic heterocycles. The maximum atomic E-state index is 12.9. The van der Waals surface area contributed by atoms with Crippen molar-refractivity contribution in [2.24, 2.45) is 0 Å². The quantitative estimate of drug-likeness (QED) is 0.764. The van der Waals surface area contributed by atoms with E-state index < -0.39 is 0 Å². The summed E-state index contributed by atoms with van der Waals surface area (Å²) in [5.74, 6) is 1.76. The molecule has 0 spiro atoms. The molecule has 0 N–H and O–H groups in total. The molecular weight excluding hydrogens is 394 g/mol. The molecule has 2 aliphatic heterocycles. The van der Waals surface area contributed by atoms with Gasteiger partial charge in [-0.2, -0.15) is 0 Å². The van der Waals surface area contributed by atoms with Crippen molar-refractivity contribution in [3.05, 3.63) is 29.3 Å². The lowest BCUT2D eigenvalue weighted by atomic mass is 9.97. The third-order valence-corrected chi connectivity index (χ3v) is 7.71. The molecule has 2 fully saturated rings. The first-order valence-electron chi connectivity index (χ1n) is 9.42. The lowest BCUT2D eigenvalue weighted by Gasteiger charge is -2.34. The van der Waals surface area contributed by atoms with Crippen LogP contribution < -0.4 is 0 Å². The topological polar surface area (TPSA) is 79.3 Å². The van der Waals surface area contributed by atoms with Crippen LogP contribution in [0, 0.1) is 6.92 Å². The molecule has 2 amide bonds. The summed E-state index contributed by atoms with van der Waals surface area (Å²) < 4.78 is 0. The number of piperidine rings is 1. The summed E-state index contributed by atoms with van der Waals surface area (Å²) in [4.78, 5) is 42.5. The maximum absolute atomic E-state index is 12.9. The first-order valence-corrected chi connectivity index (χ1v) is 11.4. The van der Waals surface area contributed by atoms with E-state index in [9.17, 15) is 9.59 Å². The van der Waals surface area contributed by atoms with Crippen molar-refractivity contribution < 1.29 is 9.59 Å². The fourth-order valence-electron chi connectivity index (χ4n) is 3.77. The summed E-state index contributed by atoms with van der Waals surface area (Å²) >= 11 is 3.35. The molecule has 2 saturated heterocycles. The monoisotopic (exact) mass is 417 g/mol. The molecule has 7 nitrogen and oxygen atoms in total. The van der Waals surface area contributed by atoms with E-state index in [1.54, 1.807) is 47.4 Å². The zero-order valence-electron chi connectivity index (χ0n) is 16.0. The Kier molecular flexibility index (Phi) is 5.63. The predicted molar refractivity (Wildman–Crippen MR) is 110 cm³/mol. The van der Waals surface area contributed by atoms with Crippen molar-refractivity contribution in [3.63, 3.8) is 0 Å². The number of aryl methyl sites for hydroxylation is 1. The van der Waals surface area contributed by atoms with E-state index in [1.807, 2.05) is 17.9 Å². The normalized spacial score (nSPS) is 20.6. The molecule has 2 aromatic rings. The van der Waals surface area contributed by atoms with E-state index in [4.69, 9.17) is 4.98 Å². The van der Waals surface area contributed by atoms with Crippen molar-refractivity contribution in [2.45, 2.75) is 38.6 Å². The Labute approximate surface area is 172 Å². The lowest BCUT2D eigenvalue weighted by Crippen LogP contribution is -2.50. The average Bonchev–Trinajstić information content (AvgIpc) is 3.35. The molecule has 0 unspecified atom stereocenters. The predicted octanol–water partition coefficient (Wildman–Crippen LogP) is 2.54. The highest BCUT2D eigenvalue weighted by Gasteiger charge is 2.37. The Morgan fingerprint density at radius 1 is 1.25 bits per heavy atom. The fourth-order valence-corrected chi connectivity index (χ4v) is 6.19. The Hall–Kier alpha value is -2.00.